The molecule has 0 fully saturated rings. The monoisotopic (exact) mass is 268 g/mol. The Labute approximate surface area is 117 Å². The van der Waals surface area contributed by atoms with E-state index >= 15 is 0 Å². The highest BCUT2D eigenvalue weighted by atomic mass is 16.1. The van der Waals surface area contributed by atoms with Crippen LogP contribution in [0, 0.1) is 25.2 Å². The van der Waals surface area contributed by atoms with Crippen molar-refractivity contribution in [1.82, 2.24) is 9.97 Å². The summed E-state index contributed by atoms with van der Waals surface area (Å²) in [5.41, 5.74) is 2.57. The van der Waals surface area contributed by atoms with Crippen molar-refractivity contribution < 1.29 is 0 Å². The van der Waals surface area contributed by atoms with Crippen LogP contribution in [0.3, 0.4) is 0 Å². The second-order valence-corrected chi connectivity index (χ2v) is 4.71. The van der Waals surface area contributed by atoms with Crippen molar-refractivity contribution >= 4 is 5.69 Å². The molecule has 0 saturated heterocycles. The molecule has 0 aliphatic rings. The number of aromatic nitrogens is 2. The number of hydrogen-bond acceptors (Lipinski definition) is 4. The molecule has 0 aliphatic heterocycles. The van der Waals surface area contributed by atoms with Crippen molar-refractivity contribution in [2.24, 2.45) is 0 Å². The van der Waals surface area contributed by atoms with Gasteiger partial charge in [-0.2, -0.15) is 5.26 Å². The second-order valence-electron chi connectivity index (χ2n) is 4.71. The van der Waals surface area contributed by atoms with Crippen molar-refractivity contribution in [3.63, 3.8) is 0 Å². The summed E-state index contributed by atoms with van der Waals surface area (Å²) >= 11 is 0. The van der Waals surface area contributed by atoms with Crippen molar-refractivity contribution in [2.45, 2.75) is 26.8 Å². The third kappa shape index (κ3) is 2.86. The molecule has 0 spiro atoms. The number of benzene rings is 1. The van der Waals surface area contributed by atoms with E-state index in [1.165, 1.54) is 0 Å². The van der Waals surface area contributed by atoms with E-state index in [4.69, 9.17) is 5.26 Å². The summed E-state index contributed by atoms with van der Waals surface area (Å²) in [4.78, 5) is 19.0. The van der Waals surface area contributed by atoms with Gasteiger partial charge in [-0.25, -0.2) is 4.98 Å². The Morgan fingerprint density at radius 1 is 1.40 bits per heavy atom. The van der Waals surface area contributed by atoms with Crippen molar-refractivity contribution in [2.75, 3.05) is 5.32 Å². The van der Waals surface area contributed by atoms with Crippen molar-refractivity contribution in [3.8, 4) is 6.07 Å². The maximum absolute atomic E-state index is 12.0. The van der Waals surface area contributed by atoms with Crippen LogP contribution in [0.2, 0.25) is 0 Å². The van der Waals surface area contributed by atoms with Gasteiger partial charge in [0.25, 0.3) is 5.56 Å². The van der Waals surface area contributed by atoms with Crippen LogP contribution in [0.5, 0.6) is 0 Å². The van der Waals surface area contributed by atoms with Gasteiger partial charge in [0.1, 0.15) is 5.82 Å². The Morgan fingerprint density at radius 3 is 2.80 bits per heavy atom. The molecule has 1 aromatic heterocycles. The lowest BCUT2D eigenvalue weighted by molar-refractivity contribution is 0.814. The van der Waals surface area contributed by atoms with Gasteiger partial charge in [-0.3, -0.25) is 4.79 Å². The third-order valence-corrected chi connectivity index (χ3v) is 3.07. The molecule has 20 heavy (non-hydrogen) atoms. The summed E-state index contributed by atoms with van der Waals surface area (Å²) in [6.45, 7) is 5.47. The summed E-state index contributed by atoms with van der Waals surface area (Å²) in [5.74, 6) is 0.606. The summed E-state index contributed by atoms with van der Waals surface area (Å²) < 4.78 is 0. The molecule has 102 valence electrons. The number of aryl methyl sites for hydroxylation is 2. The molecule has 0 amide bonds. The number of anilines is 1. The quantitative estimate of drug-likeness (QED) is 0.895. The second kappa shape index (κ2) is 5.57. The normalized spacial score (nSPS) is 11.7. The Morgan fingerprint density at radius 2 is 2.15 bits per heavy atom. The SMILES string of the molecule is Cc1nc(C)c(C(C)Nc2cccc(C#N)c2)c(=O)[nH]1. The van der Waals surface area contributed by atoms with Gasteiger partial charge in [0.2, 0.25) is 0 Å². The van der Waals surface area contributed by atoms with E-state index in [1.807, 2.05) is 19.9 Å². The average molecular weight is 268 g/mol. The third-order valence-electron chi connectivity index (χ3n) is 3.07. The van der Waals surface area contributed by atoms with E-state index in [9.17, 15) is 4.79 Å². The fourth-order valence-electron chi connectivity index (χ4n) is 2.25. The van der Waals surface area contributed by atoms with Crippen LogP contribution in [-0.4, -0.2) is 9.97 Å². The number of rotatable bonds is 3. The molecule has 2 aromatic rings. The number of aromatic amines is 1. The van der Waals surface area contributed by atoms with Gasteiger partial charge in [0.05, 0.1) is 28.9 Å². The topological polar surface area (TPSA) is 81.6 Å². The van der Waals surface area contributed by atoms with E-state index in [0.29, 0.717) is 22.6 Å². The molecular formula is C15H16N4O. The molecule has 0 bridgehead atoms. The van der Waals surface area contributed by atoms with Gasteiger partial charge in [-0.1, -0.05) is 6.07 Å². The van der Waals surface area contributed by atoms with E-state index in [2.05, 4.69) is 21.4 Å². The highest BCUT2D eigenvalue weighted by Gasteiger charge is 2.14. The van der Waals surface area contributed by atoms with Crippen molar-refractivity contribution in [3.05, 3.63) is 57.3 Å². The summed E-state index contributed by atoms with van der Waals surface area (Å²) in [7, 11) is 0. The van der Waals surface area contributed by atoms with Crippen LogP contribution < -0.4 is 10.9 Å². The average Bonchev–Trinajstić information content (AvgIpc) is 2.37. The number of nitrogens with zero attached hydrogens (tertiary/aromatic N) is 2. The minimum atomic E-state index is -0.194. The Balaban J connectivity index is 2.31. The van der Waals surface area contributed by atoms with E-state index in [0.717, 1.165) is 5.69 Å². The smallest absolute Gasteiger partial charge is 0.256 e. The molecule has 0 saturated carbocycles. The standard InChI is InChI=1S/C15H16N4O/c1-9-14(15(20)19-11(3)17-9)10(2)18-13-6-4-5-12(7-13)8-16/h4-7,10,18H,1-3H3,(H,17,19,20). The van der Waals surface area contributed by atoms with Gasteiger partial charge < -0.3 is 10.3 Å². The lowest BCUT2D eigenvalue weighted by atomic mass is 10.1. The largest absolute Gasteiger partial charge is 0.378 e. The number of hydrogen-bond donors (Lipinski definition) is 2. The van der Waals surface area contributed by atoms with Gasteiger partial charge in [0.15, 0.2) is 0 Å². The van der Waals surface area contributed by atoms with Gasteiger partial charge >= 0.3 is 0 Å². The fraction of sp³-hybridized carbons (Fsp3) is 0.267. The van der Waals surface area contributed by atoms with Gasteiger partial charge in [-0.05, 0) is 39.0 Å². The Bertz CT molecular complexity index is 727. The minimum Gasteiger partial charge on any atom is -0.378 e. The molecule has 1 heterocycles. The van der Waals surface area contributed by atoms with E-state index in [-0.39, 0.29) is 11.6 Å². The molecule has 5 heteroatoms. The molecule has 0 aliphatic carbocycles. The summed E-state index contributed by atoms with van der Waals surface area (Å²) in [6, 6.07) is 9.05. The zero-order valence-electron chi connectivity index (χ0n) is 11.7. The highest BCUT2D eigenvalue weighted by molar-refractivity contribution is 5.50. The van der Waals surface area contributed by atoms with Crippen LogP contribution in [-0.2, 0) is 0 Å². The summed E-state index contributed by atoms with van der Waals surface area (Å²) in [6.07, 6.45) is 0. The first-order valence-electron chi connectivity index (χ1n) is 6.35. The van der Waals surface area contributed by atoms with E-state index in [1.54, 1.807) is 25.1 Å². The Hall–Kier alpha value is -2.61. The van der Waals surface area contributed by atoms with Crippen LogP contribution >= 0.6 is 0 Å². The molecule has 1 atom stereocenters. The van der Waals surface area contributed by atoms with Crippen LogP contribution in [0.1, 0.15) is 35.6 Å². The zero-order valence-corrected chi connectivity index (χ0v) is 11.7. The fourth-order valence-corrected chi connectivity index (χ4v) is 2.25. The molecule has 5 nitrogen and oxygen atoms in total. The van der Waals surface area contributed by atoms with E-state index < -0.39 is 0 Å². The maximum Gasteiger partial charge on any atom is 0.256 e. The highest BCUT2D eigenvalue weighted by Crippen LogP contribution is 2.19. The summed E-state index contributed by atoms with van der Waals surface area (Å²) in [5, 5.41) is 12.1. The lowest BCUT2D eigenvalue weighted by Crippen LogP contribution is -2.23. The van der Waals surface area contributed by atoms with Gasteiger partial charge in [0, 0.05) is 5.69 Å². The lowest BCUT2D eigenvalue weighted by Gasteiger charge is -2.16. The molecule has 0 radical (unpaired) electrons. The first-order chi connectivity index (χ1) is 9.51. The first-order valence-corrected chi connectivity index (χ1v) is 6.35. The first kappa shape index (κ1) is 13.8. The predicted octanol–water partition coefficient (Wildman–Crippen LogP) is 2.43. The van der Waals surface area contributed by atoms with Crippen molar-refractivity contribution in [1.29, 1.82) is 5.26 Å². The predicted molar refractivity (Wildman–Crippen MR) is 77.5 cm³/mol. The number of nitrogens with one attached hydrogen (secondary N) is 2. The van der Waals surface area contributed by atoms with Crippen LogP contribution in [0.4, 0.5) is 5.69 Å². The van der Waals surface area contributed by atoms with Crippen LogP contribution in [0.15, 0.2) is 29.1 Å². The number of H-pyrrole nitrogens is 1. The molecule has 2 N–H and O–H groups in total. The molecule has 2 rings (SSSR count). The van der Waals surface area contributed by atoms with Crippen LogP contribution in [0.25, 0.3) is 0 Å². The molecule has 1 unspecified atom stereocenters. The molecular weight excluding hydrogens is 252 g/mol. The van der Waals surface area contributed by atoms with Gasteiger partial charge in [-0.15, -0.1) is 0 Å². The maximum atomic E-state index is 12.0. The number of nitriles is 1. The Kier molecular flexibility index (Phi) is 3.85. The zero-order chi connectivity index (χ0) is 14.7. The minimum absolute atomic E-state index is 0.133. The molecule has 1 aromatic carbocycles.